The van der Waals surface area contributed by atoms with E-state index in [0.717, 1.165) is 4.70 Å². The molecule has 2 heterocycles. The van der Waals surface area contributed by atoms with Gasteiger partial charge < -0.3 is 9.84 Å². The van der Waals surface area contributed by atoms with Crippen molar-refractivity contribution in [2.24, 2.45) is 0 Å². The van der Waals surface area contributed by atoms with E-state index in [-0.39, 0.29) is 5.91 Å². The Kier molecular flexibility index (Phi) is 3.60. The van der Waals surface area contributed by atoms with Gasteiger partial charge in [0.2, 0.25) is 0 Å². The minimum atomic E-state index is -0.378. The lowest BCUT2D eigenvalue weighted by Crippen LogP contribution is -2.10. The fourth-order valence-corrected chi connectivity index (χ4v) is 3.98. The van der Waals surface area contributed by atoms with Crippen LogP contribution in [0.15, 0.2) is 29.0 Å². The van der Waals surface area contributed by atoms with Crippen LogP contribution in [-0.4, -0.2) is 11.1 Å². The molecule has 2 aromatic heterocycles. The van der Waals surface area contributed by atoms with Crippen LogP contribution in [0.25, 0.3) is 10.1 Å². The second-order valence-electron chi connectivity index (χ2n) is 3.84. The van der Waals surface area contributed by atoms with E-state index in [1.54, 1.807) is 12.1 Å². The van der Waals surface area contributed by atoms with E-state index >= 15 is 0 Å². The van der Waals surface area contributed by atoms with Crippen LogP contribution < -0.4 is 5.32 Å². The van der Waals surface area contributed by atoms with Gasteiger partial charge in [0.05, 0.1) is 10.0 Å². The van der Waals surface area contributed by atoms with Gasteiger partial charge in [0.25, 0.3) is 5.91 Å². The van der Waals surface area contributed by atoms with Gasteiger partial charge in [0, 0.05) is 21.2 Å². The third kappa shape index (κ3) is 2.38. The highest BCUT2D eigenvalue weighted by Crippen LogP contribution is 2.41. The minimum Gasteiger partial charge on any atom is -0.363 e. The maximum atomic E-state index is 12.2. The molecule has 102 valence electrons. The number of thiophene rings is 1. The highest BCUT2D eigenvalue weighted by Gasteiger charge is 2.20. The summed E-state index contributed by atoms with van der Waals surface area (Å²) in [7, 11) is 0. The molecule has 20 heavy (non-hydrogen) atoms. The molecule has 0 saturated carbocycles. The van der Waals surface area contributed by atoms with Crippen LogP contribution in [0.3, 0.4) is 0 Å². The zero-order valence-corrected chi connectivity index (χ0v) is 12.7. The highest BCUT2D eigenvalue weighted by atomic mass is 35.5. The first-order valence-corrected chi connectivity index (χ1v) is 7.30. The first-order chi connectivity index (χ1) is 9.56. The quantitative estimate of drug-likeness (QED) is 0.701. The van der Waals surface area contributed by atoms with Crippen molar-refractivity contribution in [3.8, 4) is 0 Å². The molecule has 0 bridgehead atoms. The Hall–Kier alpha value is -1.27. The summed E-state index contributed by atoms with van der Waals surface area (Å²) in [6.45, 7) is 0. The lowest BCUT2D eigenvalue weighted by atomic mass is 10.2. The molecular weight excluding hydrogens is 343 g/mol. The lowest BCUT2D eigenvalue weighted by molar-refractivity contribution is 0.103. The van der Waals surface area contributed by atoms with Gasteiger partial charge in [-0.3, -0.25) is 4.79 Å². The molecule has 8 heteroatoms. The summed E-state index contributed by atoms with van der Waals surface area (Å²) in [4.78, 5) is 12.5. The van der Waals surface area contributed by atoms with E-state index in [4.69, 9.17) is 34.8 Å². The zero-order chi connectivity index (χ0) is 14.3. The summed E-state index contributed by atoms with van der Waals surface area (Å²) in [6.07, 6.45) is 1.36. The molecule has 0 aliphatic carbocycles. The summed E-state index contributed by atoms with van der Waals surface area (Å²) >= 11 is 19.5. The second-order valence-corrected chi connectivity index (χ2v) is 6.12. The molecule has 1 aromatic carbocycles. The molecule has 0 saturated heterocycles. The van der Waals surface area contributed by atoms with E-state index < -0.39 is 0 Å². The maximum Gasteiger partial charge on any atom is 0.268 e. The zero-order valence-electron chi connectivity index (χ0n) is 9.62. The van der Waals surface area contributed by atoms with Gasteiger partial charge in [-0.2, -0.15) is 0 Å². The average molecular weight is 348 g/mol. The third-order valence-electron chi connectivity index (χ3n) is 2.54. The Morgan fingerprint density at radius 2 is 2.10 bits per heavy atom. The van der Waals surface area contributed by atoms with Crippen molar-refractivity contribution in [2.75, 3.05) is 5.32 Å². The number of hydrogen-bond acceptors (Lipinski definition) is 4. The number of carbonyl (C=O) groups is 1. The molecule has 0 aliphatic heterocycles. The summed E-state index contributed by atoms with van der Waals surface area (Å²) in [5.74, 6) is -0.0649. The molecule has 3 rings (SSSR count). The predicted octanol–water partition coefficient (Wildman–Crippen LogP) is 5.10. The molecule has 0 atom stereocenters. The Balaban J connectivity index is 2.06. The normalized spacial score (nSPS) is 10.9. The van der Waals surface area contributed by atoms with Gasteiger partial charge in [-0.25, -0.2) is 0 Å². The molecule has 0 aliphatic rings. The molecular formula is C12H5Cl3N2O2S. The van der Waals surface area contributed by atoms with Gasteiger partial charge >= 0.3 is 0 Å². The van der Waals surface area contributed by atoms with E-state index in [0.29, 0.717) is 31.1 Å². The van der Waals surface area contributed by atoms with Gasteiger partial charge in [-0.05, 0) is 12.1 Å². The molecule has 1 N–H and O–H groups in total. The highest BCUT2D eigenvalue weighted by molar-refractivity contribution is 7.21. The molecule has 3 aromatic rings. The van der Waals surface area contributed by atoms with Crippen molar-refractivity contribution < 1.29 is 9.32 Å². The number of rotatable bonds is 2. The van der Waals surface area contributed by atoms with Crippen molar-refractivity contribution >= 4 is 68.0 Å². The summed E-state index contributed by atoms with van der Waals surface area (Å²) in [5.41, 5.74) is 0. The van der Waals surface area contributed by atoms with Crippen LogP contribution in [0, 0.1) is 0 Å². The van der Waals surface area contributed by atoms with Crippen molar-refractivity contribution in [3.63, 3.8) is 0 Å². The average Bonchev–Trinajstić information content (AvgIpc) is 2.97. The van der Waals surface area contributed by atoms with E-state index in [9.17, 15) is 4.79 Å². The van der Waals surface area contributed by atoms with E-state index in [1.807, 2.05) is 0 Å². The Labute approximate surface area is 132 Å². The predicted molar refractivity (Wildman–Crippen MR) is 81.3 cm³/mol. The largest absolute Gasteiger partial charge is 0.363 e. The number of anilines is 1. The number of fused-ring (bicyclic) bond motifs is 1. The molecule has 4 nitrogen and oxygen atoms in total. The molecule has 1 amide bonds. The summed E-state index contributed by atoms with van der Waals surface area (Å²) in [5, 5.41) is 8.00. The Morgan fingerprint density at radius 3 is 2.80 bits per heavy atom. The first kappa shape index (κ1) is 13.7. The van der Waals surface area contributed by atoms with Gasteiger partial charge in [0.1, 0.15) is 11.1 Å². The van der Waals surface area contributed by atoms with Crippen LogP contribution in [0.5, 0.6) is 0 Å². The van der Waals surface area contributed by atoms with Crippen LogP contribution in [-0.2, 0) is 0 Å². The summed E-state index contributed by atoms with van der Waals surface area (Å²) < 4.78 is 5.39. The van der Waals surface area contributed by atoms with Crippen LogP contribution in [0.4, 0.5) is 5.82 Å². The number of nitrogens with one attached hydrogen (secondary N) is 1. The maximum absolute atomic E-state index is 12.2. The molecule has 0 unspecified atom stereocenters. The van der Waals surface area contributed by atoms with E-state index in [2.05, 4.69) is 15.0 Å². The summed E-state index contributed by atoms with van der Waals surface area (Å²) in [6, 6.07) is 4.83. The number of benzene rings is 1. The number of hydrogen-bond donors (Lipinski definition) is 1. The standard InChI is InChI=1S/C12H5Cl3N2O2S/c13-5-3-6(14)9-7(4-5)20-11(10(9)15)12(18)16-8-1-2-19-17-8/h1-4H,(H,16,17,18). The number of carbonyl (C=O) groups excluding carboxylic acids is 1. The van der Waals surface area contributed by atoms with E-state index in [1.165, 1.54) is 23.7 Å². The van der Waals surface area contributed by atoms with Crippen molar-refractivity contribution in [1.82, 2.24) is 5.16 Å². The molecule has 0 spiro atoms. The molecule has 0 radical (unpaired) electrons. The fraction of sp³-hybridized carbons (Fsp3) is 0. The lowest BCUT2D eigenvalue weighted by Gasteiger charge is -1.99. The van der Waals surface area contributed by atoms with Crippen LogP contribution in [0.2, 0.25) is 15.1 Å². The fourth-order valence-electron chi connectivity index (χ4n) is 1.71. The van der Waals surface area contributed by atoms with Crippen molar-refractivity contribution in [3.05, 3.63) is 44.4 Å². The number of nitrogens with zero attached hydrogens (tertiary/aromatic N) is 1. The monoisotopic (exact) mass is 346 g/mol. The Bertz CT molecular complexity index is 799. The minimum absolute atomic E-state index is 0.299. The van der Waals surface area contributed by atoms with Gasteiger partial charge in [-0.15, -0.1) is 11.3 Å². The Morgan fingerprint density at radius 1 is 1.30 bits per heavy atom. The number of amides is 1. The topological polar surface area (TPSA) is 55.1 Å². The van der Waals surface area contributed by atoms with Crippen LogP contribution in [0.1, 0.15) is 9.67 Å². The number of halogens is 3. The number of aromatic nitrogens is 1. The SMILES string of the molecule is O=C(Nc1ccon1)c1sc2cc(Cl)cc(Cl)c2c1Cl. The smallest absolute Gasteiger partial charge is 0.268 e. The first-order valence-electron chi connectivity index (χ1n) is 5.35. The van der Waals surface area contributed by atoms with Gasteiger partial charge in [0.15, 0.2) is 5.82 Å². The van der Waals surface area contributed by atoms with Gasteiger partial charge in [-0.1, -0.05) is 40.0 Å². The van der Waals surface area contributed by atoms with Crippen LogP contribution >= 0.6 is 46.1 Å². The second kappa shape index (κ2) is 5.26. The van der Waals surface area contributed by atoms with Crippen molar-refractivity contribution in [1.29, 1.82) is 0 Å². The molecule has 0 fully saturated rings. The third-order valence-corrected chi connectivity index (χ3v) is 4.68. The van der Waals surface area contributed by atoms with Crippen molar-refractivity contribution in [2.45, 2.75) is 0 Å².